The molecule has 0 radical (unpaired) electrons. The highest BCUT2D eigenvalue weighted by molar-refractivity contribution is 6.74. The van der Waals surface area contributed by atoms with Crippen molar-refractivity contribution in [1.29, 1.82) is 0 Å². The number of hydrazine groups is 1. The van der Waals surface area contributed by atoms with Crippen molar-refractivity contribution >= 4 is 66.8 Å². The van der Waals surface area contributed by atoms with Gasteiger partial charge in [-0.15, -0.1) is 6.58 Å². The molecule has 43 heavy (non-hydrogen) atoms. The van der Waals surface area contributed by atoms with Crippen LogP contribution in [0, 0.1) is 11.8 Å². The summed E-state index contributed by atoms with van der Waals surface area (Å²) in [6, 6.07) is -2.62. The van der Waals surface area contributed by atoms with Crippen LogP contribution >= 0.6 is 34.8 Å². The Balaban J connectivity index is 2.90. The van der Waals surface area contributed by atoms with Crippen molar-refractivity contribution in [2.75, 3.05) is 13.2 Å². The Morgan fingerprint density at radius 1 is 1.07 bits per heavy atom. The summed E-state index contributed by atoms with van der Waals surface area (Å²) in [6.45, 7) is 21.5. The zero-order valence-corrected chi connectivity index (χ0v) is 30.3. The van der Waals surface area contributed by atoms with Gasteiger partial charge in [0.2, 0.25) is 15.6 Å². The molecule has 1 aliphatic heterocycles. The van der Waals surface area contributed by atoms with Gasteiger partial charge >= 0.3 is 5.97 Å². The van der Waals surface area contributed by atoms with Crippen LogP contribution in [0.4, 0.5) is 0 Å². The highest BCUT2D eigenvalue weighted by Gasteiger charge is 2.41. The number of hydrogen-bond acceptors (Lipinski definition) is 7. The molecular formula is C29H51Cl3N4O6Si. The zero-order valence-electron chi connectivity index (χ0n) is 27.0. The van der Waals surface area contributed by atoms with E-state index < -0.39 is 60.5 Å². The summed E-state index contributed by atoms with van der Waals surface area (Å²) in [7, 11) is -2.17. The second kappa shape index (κ2) is 16.8. The molecule has 1 fully saturated rings. The van der Waals surface area contributed by atoms with Gasteiger partial charge in [0, 0.05) is 6.54 Å². The molecule has 1 rings (SSSR count). The highest BCUT2D eigenvalue weighted by Crippen LogP contribution is 2.38. The highest BCUT2D eigenvalue weighted by atomic mass is 35.6. The third kappa shape index (κ3) is 12.9. The smallest absolute Gasteiger partial charge is 0.325 e. The Kier molecular flexibility index (Phi) is 15.5. The van der Waals surface area contributed by atoms with Gasteiger partial charge in [0.1, 0.15) is 24.7 Å². The number of alkyl halides is 3. The van der Waals surface area contributed by atoms with Gasteiger partial charge in [-0.3, -0.25) is 24.2 Å². The van der Waals surface area contributed by atoms with Crippen LogP contribution in [0.15, 0.2) is 12.7 Å². The predicted octanol–water partition coefficient (Wildman–Crippen LogP) is 5.03. The molecule has 1 aliphatic rings. The predicted molar refractivity (Wildman–Crippen MR) is 174 cm³/mol. The Morgan fingerprint density at radius 3 is 2.19 bits per heavy atom. The quantitative estimate of drug-likeness (QED) is 0.101. The first-order chi connectivity index (χ1) is 19.6. The fourth-order valence-corrected chi connectivity index (χ4v) is 5.80. The number of carbonyl (C=O) groups excluding carboxylic acids is 4. The summed E-state index contributed by atoms with van der Waals surface area (Å²) in [6.07, 6.45) is 3.75. The van der Waals surface area contributed by atoms with E-state index >= 15 is 0 Å². The normalized spacial score (nSPS) is 19.2. The fourth-order valence-electron chi connectivity index (χ4n) is 4.20. The van der Waals surface area contributed by atoms with Crippen LogP contribution in [0.3, 0.4) is 0 Å². The molecule has 3 N–H and O–H groups in total. The fraction of sp³-hybridized carbons (Fsp3) is 0.793. The van der Waals surface area contributed by atoms with E-state index in [2.05, 4.69) is 56.5 Å². The number of halogens is 3. The van der Waals surface area contributed by atoms with Gasteiger partial charge < -0.3 is 19.8 Å². The van der Waals surface area contributed by atoms with Crippen LogP contribution in [0.5, 0.6) is 0 Å². The minimum atomic E-state index is -2.17. The van der Waals surface area contributed by atoms with Crippen LogP contribution in [0.2, 0.25) is 18.1 Å². The summed E-state index contributed by atoms with van der Waals surface area (Å²) >= 11 is 17.0. The lowest BCUT2D eigenvalue weighted by atomic mass is 9.97. The van der Waals surface area contributed by atoms with Gasteiger partial charge in [-0.1, -0.05) is 82.4 Å². The van der Waals surface area contributed by atoms with Crippen LogP contribution in [0.25, 0.3) is 0 Å². The topological polar surface area (TPSA) is 126 Å². The van der Waals surface area contributed by atoms with Gasteiger partial charge in [-0.25, -0.2) is 5.43 Å². The molecule has 10 nitrogen and oxygen atoms in total. The van der Waals surface area contributed by atoms with Crippen molar-refractivity contribution in [3.8, 4) is 0 Å². The van der Waals surface area contributed by atoms with E-state index in [4.69, 9.17) is 44.0 Å². The number of amides is 3. The van der Waals surface area contributed by atoms with Crippen LogP contribution in [0.1, 0.15) is 74.1 Å². The minimum Gasteiger partial charge on any atom is -0.460 e. The third-order valence-corrected chi connectivity index (χ3v) is 12.8. The second-order valence-corrected chi connectivity index (χ2v) is 20.3. The lowest BCUT2D eigenvalue weighted by molar-refractivity contribution is -0.152. The maximum atomic E-state index is 13.4. The number of allylic oxidation sites excluding steroid dienone is 1. The van der Waals surface area contributed by atoms with Crippen molar-refractivity contribution in [3.63, 3.8) is 0 Å². The second-order valence-electron chi connectivity index (χ2n) is 13.1. The lowest BCUT2D eigenvalue weighted by Gasteiger charge is -2.41. The molecule has 3 amide bonds. The molecule has 0 aliphatic carbocycles. The Morgan fingerprint density at radius 2 is 1.67 bits per heavy atom. The molecule has 0 saturated carbocycles. The zero-order chi connectivity index (χ0) is 33.3. The average molecular weight is 686 g/mol. The molecule has 0 bridgehead atoms. The SMILES string of the molecule is C=CCC[C@@H](O[Si](C)(C)C(C)(C)C)[C@@H](C)C(=O)N[C@H](C(=O)N[C@@H](C)C(=O)N1CCC[C@@H](C(=O)OCC(Cl)(Cl)Cl)N1)C(C)C. The lowest BCUT2D eigenvalue weighted by Crippen LogP contribution is -2.61. The number of nitrogens with zero attached hydrogens (tertiary/aromatic N) is 1. The summed E-state index contributed by atoms with van der Waals surface area (Å²) < 4.78 is 9.92. The van der Waals surface area contributed by atoms with Gasteiger partial charge in [0.15, 0.2) is 8.32 Å². The van der Waals surface area contributed by atoms with Crippen molar-refractivity contribution < 1.29 is 28.3 Å². The largest absolute Gasteiger partial charge is 0.460 e. The molecule has 14 heteroatoms. The molecule has 0 aromatic rings. The Hall–Kier alpha value is -1.37. The molecule has 0 aromatic carbocycles. The maximum Gasteiger partial charge on any atom is 0.325 e. The number of ether oxygens (including phenoxy) is 1. The molecule has 0 aromatic heterocycles. The van der Waals surface area contributed by atoms with E-state index in [9.17, 15) is 19.2 Å². The summed E-state index contributed by atoms with van der Waals surface area (Å²) in [4.78, 5) is 52.3. The number of nitrogens with one attached hydrogen (secondary N) is 3. The van der Waals surface area contributed by atoms with Crippen molar-refractivity contribution in [3.05, 3.63) is 12.7 Å². The number of rotatable bonds is 14. The van der Waals surface area contributed by atoms with Crippen molar-refractivity contribution in [2.45, 2.75) is 120 Å². The molecule has 1 heterocycles. The van der Waals surface area contributed by atoms with Crippen LogP contribution < -0.4 is 16.1 Å². The van der Waals surface area contributed by atoms with E-state index in [0.717, 1.165) is 0 Å². The van der Waals surface area contributed by atoms with E-state index in [1.165, 1.54) is 5.01 Å². The summed E-state index contributed by atoms with van der Waals surface area (Å²) in [5.74, 6) is -2.65. The first-order valence-corrected chi connectivity index (χ1v) is 18.9. The molecular weight excluding hydrogens is 635 g/mol. The Bertz CT molecular complexity index is 986. The maximum absolute atomic E-state index is 13.4. The van der Waals surface area contributed by atoms with Gasteiger partial charge in [-0.2, -0.15) is 0 Å². The average Bonchev–Trinajstić information content (AvgIpc) is 2.90. The molecule has 248 valence electrons. The Labute approximate surface area is 273 Å². The molecule has 1 saturated heterocycles. The number of hydrogen-bond donors (Lipinski definition) is 3. The molecule has 0 spiro atoms. The summed E-state index contributed by atoms with van der Waals surface area (Å²) in [5.41, 5.74) is 2.84. The number of esters is 1. The van der Waals surface area contributed by atoms with Crippen LogP contribution in [-0.4, -0.2) is 78.2 Å². The van der Waals surface area contributed by atoms with E-state index in [1.807, 2.05) is 26.8 Å². The standard InChI is InChI=1S/C29H51Cl3N4O6Si/c1-11-12-15-22(42-43(9,10)28(6,7)8)19(4)24(37)34-23(18(2)3)25(38)33-20(5)26(39)36-16-13-14-21(35-36)27(40)41-17-29(30,31)32/h11,18-23,35H,1,12-17H2,2-10H3,(H,33,38)(H,34,37)/t19-,20+,21+,22-,23+/m1/s1. The third-order valence-electron chi connectivity index (χ3n) is 7.97. The molecule has 0 unspecified atom stereocenters. The van der Waals surface area contributed by atoms with E-state index in [1.54, 1.807) is 6.92 Å². The number of carbonyl (C=O) groups is 4. The van der Waals surface area contributed by atoms with E-state index in [-0.39, 0.29) is 23.0 Å². The van der Waals surface area contributed by atoms with E-state index in [0.29, 0.717) is 32.2 Å². The first-order valence-electron chi connectivity index (χ1n) is 14.8. The van der Waals surface area contributed by atoms with Gasteiger partial charge in [0.25, 0.3) is 5.91 Å². The van der Waals surface area contributed by atoms with Crippen LogP contribution in [-0.2, 0) is 28.3 Å². The van der Waals surface area contributed by atoms with Gasteiger partial charge in [-0.05, 0) is 56.7 Å². The van der Waals surface area contributed by atoms with Gasteiger partial charge in [0.05, 0.1) is 12.0 Å². The van der Waals surface area contributed by atoms with Crippen molar-refractivity contribution in [2.24, 2.45) is 11.8 Å². The monoisotopic (exact) mass is 684 g/mol. The first kappa shape index (κ1) is 39.7. The van der Waals surface area contributed by atoms with Crippen molar-refractivity contribution in [1.82, 2.24) is 21.1 Å². The molecule has 5 atom stereocenters. The minimum absolute atomic E-state index is 0.0351. The summed E-state index contributed by atoms with van der Waals surface area (Å²) in [5, 5.41) is 6.86.